The van der Waals surface area contributed by atoms with E-state index < -0.39 is 0 Å². The first-order valence-electron chi connectivity index (χ1n) is 5.80. The molecule has 1 aromatic rings. The molecule has 16 heavy (non-hydrogen) atoms. The quantitative estimate of drug-likeness (QED) is 0.849. The zero-order valence-electron chi connectivity index (χ0n) is 9.95. The number of hydrogen-bond acceptors (Lipinski definition) is 3. The largest absolute Gasteiger partial charge is 0.493 e. The van der Waals surface area contributed by atoms with Crippen LogP contribution in [0.1, 0.15) is 31.7 Å². The van der Waals surface area contributed by atoms with E-state index in [0.717, 1.165) is 29.9 Å². The summed E-state index contributed by atoms with van der Waals surface area (Å²) in [7, 11) is 1.66. The van der Waals surface area contributed by atoms with E-state index in [1.807, 2.05) is 25.1 Å². The van der Waals surface area contributed by atoms with Gasteiger partial charge in [0.05, 0.1) is 13.7 Å². The first-order chi connectivity index (χ1) is 7.69. The first-order valence-corrected chi connectivity index (χ1v) is 5.80. The summed E-state index contributed by atoms with van der Waals surface area (Å²) in [4.78, 5) is 0. The van der Waals surface area contributed by atoms with Crippen LogP contribution in [0, 0.1) is 0 Å². The molecular formula is C13H19NO2. The molecule has 0 bridgehead atoms. The molecule has 0 heterocycles. The molecule has 0 aromatic heterocycles. The van der Waals surface area contributed by atoms with Gasteiger partial charge in [0.2, 0.25) is 0 Å². The number of methoxy groups -OCH3 is 1. The van der Waals surface area contributed by atoms with Crippen molar-refractivity contribution in [1.29, 1.82) is 0 Å². The zero-order valence-corrected chi connectivity index (χ0v) is 9.95. The lowest BCUT2D eigenvalue weighted by atomic mass is 9.73. The van der Waals surface area contributed by atoms with Crippen LogP contribution in [0.15, 0.2) is 18.2 Å². The molecule has 1 saturated carbocycles. The first kappa shape index (κ1) is 11.3. The van der Waals surface area contributed by atoms with Crippen LogP contribution in [0.3, 0.4) is 0 Å². The highest BCUT2D eigenvalue weighted by Crippen LogP contribution is 2.41. The van der Waals surface area contributed by atoms with E-state index in [-0.39, 0.29) is 5.54 Å². The third-order valence-electron chi connectivity index (χ3n) is 3.28. The summed E-state index contributed by atoms with van der Waals surface area (Å²) < 4.78 is 10.8. The second-order valence-electron chi connectivity index (χ2n) is 4.31. The number of ether oxygens (including phenoxy) is 2. The second-order valence-corrected chi connectivity index (χ2v) is 4.31. The molecular weight excluding hydrogens is 202 g/mol. The highest BCUT2D eigenvalue weighted by atomic mass is 16.5. The van der Waals surface area contributed by atoms with E-state index in [1.54, 1.807) is 7.11 Å². The Bertz CT molecular complexity index is 372. The van der Waals surface area contributed by atoms with Gasteiger partial charge >= 0.3 is 0 Å². The van der Waals surface area contributed by atoms with Crippen molar-refractivity contribution >= 4 is 0 Å². The molecule has 3 heteroatoms. The van der Waals surface area contributed by atoms with Crippen molar-refractivity contribution in [2.45, 2.75) is 31.7 Å². The van der Waals surface area contributed by atoms with Gasteiger partial charge in [0.15, 0.2) is 11.5 Å². The fourth-order valence-corrected chi connectivity index (χ4v) is 2.10. The van der Waals surface area contributed by atoms with Gasteiger partial charge in [-0.15, -0.1) is 0 Å². The molecule has 0 spiro atoms. The Balaban J connectivity index is 2.29. The molecule has 0 atom stereocenters. The van der Waals surface area contributed by atoms with Crippen molar-refractivity contribution in [2.75, 3.05) is 13.7 Å². The lowest BCUT2D eigenvalue weighted by molar-refractivity contribution is 0.251. The SMILES string of the molecule is CCOc1ccc(C2(N)CCC2)cc1OC. The van der Waals surface area contributed by atoms with Gasteiger partial charge in [0, 0.05) is 5.54 Å². The Labute approximate surface area is 96.5 Å². The van der Waals surface area contributed by atoms with E-state index in [0.29, 0.717) is 6.61 Å². The van der Waals surface area contributed by atoms with Crippen LogP contribution in [-0.4, -0.2) is 13.7 Å². The van der Waals surface area contributed by atoms with Crippen molar-refractivity contribution < 1.29 is 9.47 Å². The summed E-state index contributed by atoms with van der Waals surface area (Å²) in [5.41, 5.74) is 7.29. The van der Waals surface area contributed by atoms with E-state index in [1.165, 1.54) is 6.42 Å². The Morgan fingerprint density at radius 3 is 2.56 bits per heavy atom. The number of hydrogen-bond donors (Lipinski definition) is 1. The van der Waals surface area contributed by atoms with Crippen molar-refractivity contribution in [2.24, 2.45) is 5.73 Å². The van der Waals surface area contributed by atoms with E-state index in [9.17, 15) is 0 Å². The van der Waals surface area contributed by atoms with Gasteiger partial charge in [0.1, 0.15) is 0 Å². The predicted octanol–water partition coefficient (Wildman–Crippen LogP) is 2.43. The van der Waals surface area contributed by atoms with Crippen molar-refractivity contribution in [3.8, 4) is 11.5 Å². The van der Waals surface area contributed by atoms with Crippen molar-refractivity contribution in [3.05, 3.63) is 23.8 Å². The van der Waals surface area contributed by atoms with Gasteiger partial charge in [-0.25, -0.2) is 0 Å². The van der Waals surface area contributed by atoms with Crippen molar-refractivity contribution in [1.82, 2.24) is 0 Å². The number of rotatable bonds is 4. The van der Waals surface area contributed by atoms with Crippen LogP contribution in [0.25, 0.3) is 0 Å². The van der Waals surface area contributed by atoms with E-state index in [2.05, 4.69) is 0 Å². The van der Waals surface area contributed by atoms with Crippen LogP contribution in [0.2, 0.25) is 0 Å². The lowest BCUT2D eigenvalue weighted by Gasteiger charge is -2.38. The molecule has 2 rings (SSSR count). The van der Waals surface area contributed by atoms with Gasteiger partial charge in [-0.1, -0.05) is 6.07 Å². The molecule has 0 amide bonds. The van der Waals surface area contributed by atoms with Gasteiger partial charge in [-0.05, 0) is 43.9 Å². The average molecular weight is 221 g/mol. The second kappa shape index (κ2) is 4.34. The summed E-state index contributed by atoms with van der Waals surface area (Å²) in [6, 6.07) is 6.00. The molecule has 0 saturated heterocycles. The maximum absolute atomic E-state index is 6.28. The van der Waals surface area contributed by atoms with Gasteiger partial charge < -0.3 is 15.2 Å². The van der Waals surface area contributed by atoms with Crippen LogP contribution < -0.4 is 15.2 Å². The fourth-order valence-electron chi connectivity index (χ4n) is 2.10. The van der Waals surface area contributed by atoms with E-state index >= 15 is 0 Å². The summed E-state index contributed by atoms with van der Waals surface area (Å²) in [5, 5.41) is 0. The molecule has 1 aromatic carbocycles. The summed E-state index contributed by atoms with van der Waals surface area (Å²) in [6.07, 6.45) is 3.33. The third-order valence-corrected chi connectivity index (χ3v) is 3.28. The Morgan fingerprint density at radius 2 is 2.06 bits per heavy atom. The Morgan fingerprint density at radius 1 is 1.31 bits per heavy atom. The van der Waals surface area contributed by atoms with Crippen molar-refractivity contribution in [3.63, 3.8) is 0 Å². The normalized spacial score (nSPS) is 17.7. The smallest absolute Gasteiger partial charge is 0.161 e. The maximum Gasteiger partial charge on any atom is 0.161 e. The summed E-state index contributed by atoms with van der Waals surface area (Å²) in [5.74, 6) is 1.56. The molecule has 3 nitrogen and oxygen atoms in total. The van der Waals surface area contributed by atoms with Crippen LogP contribution in [0.4, 0.5) is 0 Å². The fraction of sp³-hybridized carbons (Fsp3) is 0.538. The topological polar surface area (TPSA) is 44.5 Å². The summed E-state index contributed by atoms with van der Waals surface area (Å²) >= 11 is 0. The van der Waals surface area contributed by atoms with Crippen LogP contribution in [0.5, 0.6) is 11.5 Å². The molecule has 1 aliphatic rings. The standard InChI is InChI=1S/C13H19NO2/c1-3-16-11-6-5-10(9-12(11)15-2)13(14)7-4-8-13/h5-6,9H,3-4,7-8,14H2,1-2H3. The Hall–Kier alpha value is -1.22. The van der Waals surface area contributed by atoms with Crippen LogP contribution in [-0.2, 0) is 5.54 Å². The molecule has 0 unspecified atom stereocenters. The maximum atomic E-state index is 6.28. The molecule has 0 aliphatic heterocycles. The van der Waals surface area contributed by atoms with Crippen LogP contribution >= 0.6 is 0 Å². The number of nitrogens with two attached hydrogens (primary N) is 1. The molecule has 2 N–H and O–H groups in total. The third kappa shape index (κ3) is 1.87. The van der Waals surface area contributed by atoms with Gasteiger partial charge in [-0.3, -0.25) is 0 Å². The lowest BCUT2D eigenvalue weighted by Crippen LogP contribution is -2.43. The van der Waals surface area contributed by atoms with Gasteiger partial charge in [-0.2, -0.15) is 0 Å². The minimum absolute atomic E-state index is 0.141. The average Bonchev–Trinajstić information content (AvgIpc) is 2.27. The van der Waals surface area contributed by atoms with Gasteiger partial charge in [0.25, 0.3) is 0 Å². The predicted molar refractivity (Wildman–Crippen MR) is 63.9 cm³/mol. The molecule has 88 valence electrons. The monoisotopic (exact) mass is 221 g/mol. The highest BCUT2D eigenvalue weighted by molar-refractivity contribution is 5.45. The van der Waals surface area contributed by atoms with E-state index in [4.69, 9.17) is 15.2 Å². The molecule has 1 aliphatic carbocycles. The highest BCUT2D eigenvalue weighted by Gasteiger charge is 2.34. The Kier molecular flexibility index (Phi) is 3.06. The zero-order chi connectivity index (χ0) is 11.6. The minimum Gasteiger partial charge on any atom is -0.493 e. The number of benzene rings is 1. The summed E-state index contributed by atoms with van der Waals surface area (Å²) in [6.45, 7) is 2.60. The molecule has 1 fully saturated rings. The molecule has 0 radical (unpaired) electrons. The minimum atomic E-state index is -0.141.